The Morgan fingerprint density at radius 3 is 2.58 bits per heavy atom. The molecule has 0 fully saturated rings. The average Bonchev–Trinajstić information content (AvgIpc) is 2.04. The average molecular weight is 229 g/mol. The molecule has 1 N–H and O–H groups in total. The minimum Gasteiger partial charge on any atom is -0.507 e. The molecule has 0 amide bonds. The second-order valence-corrected chi connectivity index (χ2v) is 3.87. The van der Waals surface area contributed by atoms with Crippen molar-refractivity contribution >= 4 is 21.7 Å². The van der Waals surface area contributed by atoms with E-state index in [-0.39, 0.29) is 16.4 Å². The first-order chi connectivity index (χ1) is 5.63. The standard InChI is InChI=1S/C9H9BrO2/c1-6(10)9(12)7-4-2-3-5-8(7)11/h2-6,11H,1H3. The number of benzene rings is 1. The van der Waals surface area contributed by atoms with Gasteiger partial charge >= 0.3 is 0 Å². The number of alkyl halides is 1. The molecule has 1 atom stereocenters. The number of phenols is 1. The highest BCUT2D eigenvalue weighted by molar-refractivity contribution is 9.10. The molecule has 0 heterocycles. The number of Topliss-reactive ketones (excluding diaryl/α,β-unsaturated/α-hetero) is 1. The van der Waals surface area contributed by atoms with Gasteiger partial charge in [0, 0.05) is 0 Å². The lowest BCUT2D eigenvalue weighted by molar-refractivity contribution is 0.0993. The van der Waals surface area contributed by atoms with Crippen molar-refractivity contribution < 1.29 is 9.90 Å². The van der Waals surface area contributed by atoms with Gasteiger partial charge in [-0.15, -0.1) is 0 Å². The number of carbonyl (C=O) groups excluding carboxylic acids is 1. The van der Waals surface area contributed by atoms with Gasteiger partial charge in [0.05, 0.1) is 10.4 Å². The van der Waals surface area contributed by atoms with Gasteiger partial charge in [0.2, 0.25) is 0 Å². The lowest BCUT2D eigenvalue weighted by Gasteiger charge is -2.03. The van der Waals surface area contributed by atoms with E-state index in [9.17, 15) is 9.90 Å². The molecule has 1 aromatic carbocycles. The van der Waals surface area contributed by atoms with E-state index in [0.717, 1.165) is 0 Å². The normalized spacial score (nSPS) is 12.5. The lowest BCUT2D eigenvalue weighted by atomic mass is 10.1. The van der Waals surface area contributed by atoms with Crippen LogP contribution in [-0.2, 0) is 0 Å². The Bertz CT molecular complexity index is 294. The fourth-order valence-electron chi connectivity index (χ4n) is 0.896. The molecule has 2 nitrogen and oxygen atoms in total. The summed E-state index contributed by atoms with van der Waals surface area (Å²) in [6.07, 6.45) is 0. The Labute approximate surface area is 79.3 Å². The second-order valence-electron chi connectivity index (χ2n) is 2.50. The Morgan fingerprint density at radius 2 is 2.08 bits per heavy atom. The van der Waals surface area contributed by atoms with Crippen LogP contribution in [0.1, 0.15) is 17.3 Å². The van der Waals surface area contributed by atoms with Crippen LogP contribution in [0.4, 0.5) is 0 Å². The number of rotatable bonds is 2. The summed E-state index contributed by atoms with van der Waals surface area (Å²) in [6, 6.07) is 6.52. The molecule has 12 heavy (non-hydrogen) atoms. The molecule has 0 aliphatic rings. The van der Waals surface area contributed by atoms with E-state index in [4.69, 9.17) is 0 Å². The summed E-state index contributed by atoms with van der Waals surface area (Å²) in [5.74, 6) is -0.0677. The van der Waals surface area contributed by atoms with Crippen LogP contribution in [-0.4, -0.2) is 15.7 Å². The van der Waals surface area contributed by atoms with E-state index < -0.39 is 0 Å². The molecule has 0 radical (unpaired) electrons. The summed E-state index contributed by atoms with van der Waals surface area (Å²) in [7, 11) is 0. The van der Waals surface area contributed by atoms with Gasteiger partial charge in [-0.25, -0.2) is 0 Å². The quantitative estimate of drug-likeness (QED) is 0.624. The third-order valence-electron chi connectivity index (χ3n) is 1.53. The van der Waals surface area contributed by atoms with Crippen LogP contribution >= 0.6 is 15.9 Å². The zero-order valence-corrected chi connectivity index (χ0v) is 8.21. The van der Waals surface area contributed by atoms with Crippen LogP contribution in [0, 0.1) is 0 Å². The fourth-order valence-corrected chi connectivity index (χ4v) is 1.14. The van der Waals surface area contributed by atoms with Gasteiger partial charge in [-0.3, -0.25) is 4.79 Å². The van der Waals surface area contributed by atoms with E-state index in [1.54, 1.807) is 25.1 Å². The number of hydrogen-bond acceptors (Lipinski definition) is 2. The number of phenolic OH excluding ortho intramolecular Hbond substituents is 1. The van der Waals surface area contributed by atoms with Crippen molar-refractivity contribution in [3.05, 3.63) is 29.8 Å². The summed E-state index contributed by atoms with van der Waals surface area (Å²) >= 11 is 3.15. The Morgan fingerprint density at radius 1 is 1.50 bits per heavy atom. The second kappa shape index (κ2) is 3.72. The van der Waals surface area contributed by atoms with Gasteiger partial charge in [-0.2, -0.15) is 0 Å². The summed E-state index contributed by atoms with van der Waals surface area (Å²) in [6.45, 7) is 1.73. The SMILES string of the molecule is CC(Br)C(=O)c1ccccc1O. The molecular formula is C9H9BrO2. The third kappa shape index (κ3) is 1.85. The van der Waals surface area contributed by atoms with Crippen molar-refractivity contribution in [1.29, 1.82) is 0 Å². The molecular weight excluding hydrogens is 220 g/mol. The monoisotopic (exact) mass is 228 g/mol. The molecule has 0 aliphatic carbocycles. The maximum absolute atomic E-state index is 11.4. The lowest BCUT2D eigenvalue weighted by Crippen LogP contribution is -2.09. The fraction of sp³-hybridized carbons (Fsp3) is 0.222. The van der Waals surface area contributed by atoms with E-state index in [1.807, 2.05) is 0 Å². The Kier molecular flexibility index (Phi) is 2.87. The summed E-state index contributed by atoms with van der Waals surface area (Å²) in [5, 5.41) is 9.29. The molecule has 1 aromatic rings. The molecule has 0 spiro atoms. The van der Waals surface area contributed by atoms with Crippen LogP contribution in [0.2, 0.25) is 0 Å². The molecule has 0 aromatic heterocycles. The van der Waals surface area contributed by atoms with Gasteiger partial charge in [-0.1, -0.05) is 28.1 Å². The molecule has 64 valence electrons. The zero-order valence-electron chi connectivity index (χ0n) is 6.62. The van der Waals surface area contributed by atoms with Crippen LogP contribution in [0.3, 0.4) is 0 Å². The Hall–Kier alpha value is -0.830. The number of halogens is 1. The smallest absolute Gasteiger partial charge is 0.179 e. The van der Waals surface area contributed by atoms with E-state index in [0.29, 0.717) is 5.56 Å². The van der Waals surface area contributed by atoms with Gasteiger partial charge in [-0.05, 0) is 19.1 Å². The Balaban J connectivity index is 3.03. The molecule has 0 saturated heterocycles. The molecule has 0 aliphatic heterocycles. The summed E-state index contributed by atoms with van der Waals surface area (Å²) < 4.78 is 0. The minimum absolute atomic E-state index is 0.0359. The molecule has 1 rings (SSSR count). The van der Waals surface area contributed by atoms with Crippen LogP contribution in [0.5, 0.6) is 5.75 Å². The molecule has 0 saturated carbocycles. The first-order valence-corrected chi connectivity index (χ1v) is 4.51. The zero-order chi connectivity index (χ0) is 9.14. The van der Waals surface area contributed by atoms with Crippen molar-refractivity contribution in [3.8, 4) is 5.75 Å². The van der Waals surface area contributed by atoms with Gasteiger partial charge in [0.15, 0.2) is 5.78 Å². The summed E-state index contributed by atoms with van der Waals surface area (Å²) in [5.41, 5.74) is 0.363. The maximum Gasteiger partial charge on any atom is 0.179 e. The van der Waals surface area contributed by atoms with Crippen molar-refractivity contribution in [1.82, 2.24) is 0 Å². The summed E-state index contributed by atoms with van der Waals surface area (Å²) in [4.78, 5) is 11.1. The third-order valence-corrected chi connectivity index (χ3v) is 1.95. The van der Waals surface area contributed by atoms with Crippen molar-refractivity contribution in [2.75, 3.05) is 0 Å². The first-order valence-electron chi connectivity index (χ1n) is 3.59. The molecule has 1 unspecified atom stereocenters. The molecule has 0 bridgehead atoms. The van der Waals surface area contributed by atoms with E-state index in [1.165, 1.54) is 6.07 Å². The van der Waals surface area contributed by atoms with Gasteiger partial charge in [0.1, 0.15) is 5.75 Å². The van der Waals surface area contributed by atoms with Crippen molar-refractivity contribution in [3.63, 3.8) is 0 Å². The predicted molar refractivity (Wildman–Crippen MR) is 50.8 cm³/mol. The topological polar surface area (TPSA) is 37.3 Å². The first kappa shape index (κ1) is 9.26. The maximum atomic E-state index is 11.4. The van der Waals surface area contributed by atoms with Gasteiger partial charge < -0.3 is 5.11 Å². The predicted octanol–water partition coefficient (Wildman–Crippen LogP) is 2.36. The number of para-hydroxylation sites is 1. The molecule has 3 heteroatoms. The van der Waals surface area contributed by atoms with E-state index in [2.05, 4.69) is 15.9 Å². The number of ketones is 1. The van der Waals surface area contributed by atoms with E-state index >= 15 is 0 Å². The van der Waals surface area contributed by atoms with Gasteiger partial charge in [0.25, 0.3) is 0 Å². The van der Waals surface area contributed by atoms with Crippen LogP contribution < -0.4 is 0 Å². The van der Waals surface area contributed by atoms with Crippen molar-refractivity contribution in [2.45, 2.75) is 11.8 Å². The largest absolute Gasteiger partial charge is 0.507 e. The highest BCUT2D eigenvalue weighted by atomic mass is 79.9. The highest BCUT2D eigenvalue weighted by Gasteiger charge is 2.14. The number of aromatic hydroxyl groups is 1. The van der Waals surface area contributed by atoms with Crippen LogP contribution in [0.25, 0.3) is 0 Å². The number of carbonyl (C=O) groups is 1. The number of hydrogen-bond donors (Lipinski definition) is 1. The van der Waals surface area contributed by atoms with Crippen LogP contribution in [0.15, 0.2) is 24.3 Å². The minimum atomic E-state index is -0.259. The highest BCUT2D eigenvalue weighted by Crippen LogP contribution is 2.19. The van der Waals surface area contributed by atoms with Crippen molar-refractivity contribution in [2.24, 2.45) is 0 Å².